The highest BCUT2D eigenvalue weighted by atomic mass is 16.5. The molecular formula is C17H32O2. The maximum absolute atomic E-state index is 11.2. The average molecular weight is 268 g/mol. The molecule has 0 bridgehead atoms. The summed E-state index contributed by atoms with van der Waals surface area (Å²) in [7, 11) is 1.43. The smallest absolute Gasteiger partial charge is 0.330 e. The van der Waals surface area contributed by atoms with Gasteiger partial charge in [-0.3, -0.25) is 0 Å². The van der Waals surface area contributed by atoms with Gasteiger partial charge in [0.2, 0.25) is 0 Å². The lowest BCUT2D eigenvalue weighted by Gasteiger charge is -2.12. The second kappa shape index (κ2) is 13.6. The monoisotopic (exact) mass is 268 g/mol. The summed E-state index contributed by atoms with van der Waals surface area (Å²) >= 11 is 0. The number of hydrogen-bond acceptors (Lipinski definition) is 2. The first-order valence-corrected chi connectivity index (χ1v) is 8.00. The Morgan fingerprint density at radius 2 is 1.47 bits per heavy atom. The van der Waals surface area contributed by atoms with Crippen molar-refractivity contribution in [3.05, 3.63) is 12.2 Å². The van der Waals surface area contributed by atoms with Crippen LogP contribution in [0.5, 0.6) is 0 Å². The van der Waals surface area contributed by atoms with E-state index in [0.717, 1.165) is 0 Å². The van der Waals surface area contributed by atoms with Gasteiger partial charge in [-0.1, -0.05) is 71.3 Å². The number of carbonyl (C=O) groups excluding carboxylic acids is 1. The van der Waals surface area contributed by atoms with Gasteiger partial charge in [0.1, 0.15) is 0 Å². The Bertz CT molecular complexity index is 233. The van der Waals surface area contributed by atoms with Gasteiger partial charge in [0.25, 0.3) is 0 Å². The quantitative estimate of drug-likeness (QED) is 0.274. The molecule has 0 aromatic rings. The zero-order valence-corrected chi connectivity index (χ0v) is 13.1. The highest BCUT2D eigenvalue weighted by Crippen LogP contribution is 2.19. The van der Waals surface area contributed by atoms with Crippen molar-refractivity contribution in [1.29, 1.82) is 0 Å². The number of esters is 1. The molecule has 0 amide bonds. The van der Waals surface area contributed by atoms with Gasteiger partial charge in [-0.25, -0.2) is 4.79 Å². The first-order valence-electron chi connectivity index (χ1n) is 8.00. The van der Waals surface area contributed by atoms with Crippen molar-refractivity contribution in [2.24, 2.45) is 5.92 Å². The highest BCUT2D eigenvalue weighted by molar-refractivity contribution is 5.81. The van der Waals surface area contributed by atoms with Gasteiger partial charge in [-0.2, -0.15) is 0 Å². The second-order valence-electron chi connectivity index (χ2n) is 5.34. The number of hydrogen-bond donors (Lipinski definition) is 0. The topological polar surface area (TPSA) is 26.3 Å². The van der Waals surface area contributed by atoms with Gasteiger partial charge in [-0.15, -0.1) is 0 Å². The van der Waals surface area contributed by atoms with Crippen molar-refractivity contribution in [3.8, 4) is 0 Å². The third-order valence-electron chi connectivity index (χ3n) is 3.56. The lowest BCUT2D eigenvalue weighted by molar-refractivity contribution is -0.134. The normalized spacial score (nSPS) is 12.8. The molecule has 0 radical (unpaired) electrons. The summed E-state index contributed by atoms with van der Waals surface area (Å²) in [6.07, 6.45) is 16.5. The summed E-state index contributed by atoms with van der Waals surface area (Å²) in [5, 5.41) is 0. The zero-order chi connectivity index (χ0) is 14.3. The molecule has 112 valence electrons. The number of carbonyl (C=O) groups is 1. The first-order chi connectivity index (χ1) is 9.24. The van der Waals surface area contributed by atoms with Gasteiger partial charge in [-0.05, 0) is 18.8 Å². The molecular weight excluding hydrogens is 236 g/mol. The van der Waals surface area contributed by atoms with Crippen LogP contribution in [0.1, 0.15) is 78.1 Å². The molecule has 0 saturated carbocycles. The van der Waals surface area contributed by atoms with Crippen molar-refractivity contribution >= 4 is 5.97 Å². The van der Waals surface area contributed by atoms with Gasteiger partial charge >= 0.3 is 5.97 Å². The van der Waals surface area contributed by atoms with E-state index in [9.17, 15) is 4.79 Å². The Morgan fingerprint density at radius 1 is 0.947 bits per heavy atom. The van der Waals surface area contributed by atoms with Crippen LogP contribution in [-0.2, 0) is 9.53 Å². The third kappa shape index (κ3) is 12.0. The third-order valence-corrected chi connectivity index (χ3v) is 3.56. The SMILES string of the molecule is CCCCCCCC(/C=C/C(=O)OC)CCCCC. The van der Waals surface area contributed by atoms with Gasteiger partial charge in [0, 0.05) is 6.08 Å². The molecule has 0 saturated heterocycles. The predicted molar refractivity (Wildman–Crippen MR) is 82.2 cm³/mol. The van der Waals surface area contributed by atoms with Crippen LogP contribution < -0.4 is 0 Å². The van der Waals surface area contributed by atoms with Gasteiger partial charge < -0.3 is 4.74 Å². The van der Waals surface area contributed by atoms with Crippen LogP contribution in [0.3, 0.4) is 0 Å². The average Bonchev–Trinajstić information content (AvgIpc) is 2.43. The molecule has 0 spiro atoms. The fourth-order valence-corrected chi connectivity index (χ4v) is 2.29. The standard InChI is InChI=1S/C17H32O2/c1-4-6-8-9-11-13-16(12-10-7-5-2)14-15-17(18)19-3/h14-16H,4-13H2,1-3H3/b15-14+. The van der Waals surface area contributed by atoms with Crippen molar-refractivity contribution in [2.75, 3.05) is 7.11 Å². The Hall–Kier alpha value is -0.790. The van der Waals surface area contributed by atoms with E-state index < -0.39 is 0 Å². The second-order valence-corrected chi connectivity index (χ2v) is 5.34. The maximum atomic E-state index is 11.2. The summed E-state index contributed by atoms with van der Waals surface area (Å²) in [4.78, 5) is 11.2. The van der Waals surface area contributed by atoms with Crippen LogP contribution in [0.2, 0.25) is 0 Å². The first kappa shape index (κ1) is 18.2. The molecule has 19 heavy (non-hydrogen) atoms. The number of allylic oxidation sites excluding steroid dienone is 1. The molecule has 0 aliphatic heterocycles. The molecule has 1 unspecified atom stereocenters. The molecule has 0 fully saturated rings. The van der Waals surface area contributed by atoms with E-state index in [1.54, 1.807) is 6.08 Å². The van der Waals surface area contributed by atoms with E-state index >= 15 is 0 Å². The summed E-state index contributed by atoms with van der Waals surface area (Å²) in [6.45, 7) is 4.47. The van der Waals surface area contributed by atoms with Crippen LogP contribution in [0.15, 0.2) is 12.2 Å². The molecule has 0 aliphatic carbocycles. The fraction of sp³-hybridized carbons (Fsp3) is 0.824. The van der Waals surface area contributed by atoms with Crippen LogP contribution >= 0.6 is 0 Å². The molecule has 0 rings (SSSR count). The largest absolute Gasteiger partial charge is 0.466 e. The minimum absolute atomic E-state index is 0.230. The minimum Gasteiger partial charge on any atom is -0.466 e. The maximum Gasteiger partial charge on any atom is 0.330 e. The molecule has 2 heteroatoms. The van der Waals surface area contributed by atoms with E-state index in [0.29, 0.717) is 5.92 Å². The van der Waals surface area contributed by atoms with Gasteiger partial charge in [0.15, 0.2) is 0 Å². The summed E-state index contributed by atoms with van der Waals surface area (Å²) in [5.41, 5.74) is 0. The van der Waals surface area contributed by atoms with E-state index in [2.05, 4.69) is 24.7 Å². The molecule has 0 aromatic carbocycles. The number of ether oxygens (including phenoxy) is 1. The van der Waals surface area contributed by atoms with Crippen LogP contribution in [0.25, 0.3) is 0 Å². The van der Waals surface area contributed by atoms with Crippen molar-refractivity contribution < 1.29 is 9.53 Å². The predicted octanol–water partition coefficient (Wildman–Crippen LogP) is 5.27. The lowest BCUT2D eigenvalue weighted by Crippen LogP contribution is -2.00. The van der Waals surface area contributed by atoms with Crippen molar-refractivity contribution in [2.45, 2.75) is 78.1 Å². The molecule has 0 aromatic heterocycles. The van der Waals surface area contributed by atoms with Crippen LogP contribution in [-0.4, -0.2) is 13.1 Å². The highest BCUT2D eigenvalue weighted by Gasteiger charge is 2.05. The summed E-state index contributed by atoms with van der Waals surface area (Å²) < 4.78 is 4.66. The summed E-state index contributed by atoms with van der Waals surface area (Å²) in [6, 6.07) is 0. The van der Waals surface area contributed by atoms with E-state index in [-0.39, 0.29) is 5.97 Å². The minimum atomic E-state index is -0.230. The molecule has 2 nitrogen and oxygen atoms in total. The van der Waals surface area contributed by atoms with Crippen molar-refractivity contribution in [3.63, 3.8) is 0 Å². The Balaban J connectivity index is 3.95. The Morgan fingerprint density at radius 3 is 2.05 bits per heavy atom. The molecule has 0 heterocycles. The number of methoxy groups -OCH3 is 1. The van der Waals surface area contributed by atoms with Gasteiger partial charge in [0.05, 0.1) is 7.11 Å². The molecule has 0 aliphatic rings. The number of unbranched alkanes of at least 4 members (excludes halogenated alkanes) is 6. The van der Waals surface area contributed by atoms with Crippen LogP contribution in [0, 0.1) is 5.92 Å². The molecule has 1 atom stereocenters. The Labute approximate surface area is 119 Å². The van der Waals surface area contributed by atoms with E-state index in [1.807, 2.05) is 0 Å². The van der Waals surface area contributed by atoms with E-state index in [4.69, 9.17) is 0 Å². The van der Waals surface area contributed by atoms with Crippen molar-refractivity contribution in [1.82, 2.24) is 0 Å². The summed E-state index contributed by atoms with van der Waals surface area (Å²) in [5.74, 6) is 0.318. The van der Waals surface area contributed by atoms with Crippen LogP contribution in [0.4, 0.5) is 0 Å². The zero-order valence-electron chi connectivity index (χ0n) is 13.1. The lowest BCUT2D eigenvalue weighted by atomic mass is 9.94. The van der Waals surface area contributed by atoms with E-state index in [1.165, 1.54) is 71.3 Å². The Kier molecular flexibility index (Phi) is 13.1. The number of rotatable bonds is 12. The molecule has 0 N–H and O–H groups in total. The fourth-order valence-electron chi connectivity index (χ4n) is 2.29.